The van der Waals surface area contributed by atoms with Gasteiger partial charge in [-0.3, -0.25) is 15.0 Å². The molecule has 0 aliphatic carbocycles. The van der Waals surface area contributed by atoms with Gasteiger partial charge in [0, 0.05) is 37.9 Å². The minimum absolute atomic E-state index is 0.0589. The van der Waals surface area contributed by atoms with Crippen molar-refractivity contribution in [3.8, 4) is 0 Å². The molecule has 1 aliphatic heterocycles. The number of hydrogen-bond donors (Lipinski definition) is 1. The van der Waals surface area contributed by atoms with Gasteiger partial charge in [-0.1, -0.05) is 17.3 Å². The van der Waals surface area contributed by atoms with Gasteiger partial charge in [0.15, 0.2) is 0 Å². The lowest BCUT2D eigenvalue weighted by Gasteiger charge is -2.39. The van der Waals surface area contributed by atoms with E-state index < -0.39 is 0 Å². The predicted molar refractivity (Wildman–Crippen MR) is 99.0 cm³/mol. The van der Waals surface area contributed by atoms with Crippen molar-refractivity contribution >= 4 is 17.5 Å². The molecule has 1 atom stereocenters. The molecule has 0 saturated carbocycles. The van der Waals surface area contributed by atoms with E-state index in [1.807, 2.05) is 13.8 Å². The van der Waals surface area contributed by atoms with Crippen molar-refractivity contribution < 1.29 is 9.32 Å². The van der Waals surface area contributed by atoms with Crippen LogP contribution in [0.3, 0.4) is 0 Å². The van der Waals surface area contributed by atoms with Gasteiger partial charge in [-0.2, -0.15) is 0 Å². The summed E-state index contributed by atoms with van der Waals surface area (Å²) in [6.45, 7) is 11.6. The third kappa shape index (κ3) is 3.85. The number of amides is 1. The van der Waals surface area contributed by atoms with Crippen LogP contribution in [0.15, 0.2) is 28.8 Å². The van der Waals surface area contributed by atoms with Gasteiger partial charge in [-0.25, -0.2) is 0 Å². The molecule has 1 unspecified atom stereocenters. The first kappa shape index (κ1) is 17.5. The molecule has 1 fully saturated rings. The SMILES string of the molecule is Cc1cc(NC(=O)C(C)N2CCN(c3cccc(C)c3C)CC2)on1. The molecule has 3 rings (SSSR count). The molecule has 25 heavy (non-hydrogen) atoms. The minimum Gasteiger partial charge on any atom is -0.369 e. The molecule has 0 radical (unpaired) electrons. The summed E-state index contributed by atoms with van der Waals surface area (Å²) in [7, 11) is 0. The number of benzene rings is 1. The van der Waals surface area contributed by atoms with Gasteiger partial charge in [0.25, 0.3) is 0 Å². The molecular formula is C19H26N4O2. The number of nitrogens with zero attached hydrogens (tertiary/aromatic N) is 3. The second-order valence-electron chi connectivity index (χ2n) is 6.74. The highest BCUT2D eigenvalue weighted by molar-refractivity contribution is 5.93. The Hall–Kier alpha value is -2.34. The van der Waals surface area contributed by atoms with Crippen molar-refractivity contribution in [2.45, 2.75) is 33.7 Å². The van der Waals surface area contributed by atoms with Gasteiger partial charge in [-0.15, -0.1) is 0 Å². The van der Waals surface area contributed by atoms with Crippen LogP contribution in [-0.2, 0) is 4.79 Å². The van der Waals surface area contributed by atoms with Gasteiger partial charge in [0.2, 0.25) is 11.8 Å². The molecule has 1 aromatic heterocycles. The highest BCUT2D eigenvalue weighted by Gasteiger charge is 2.26. The Balaban J connectivity index is 1.58. The fraction of sp³-hybridized carbons (Fsp3) is 0.474. The Kier molecular flexibility index (Phi) is 5.08. The Bertz CT molecular complexity index is 748. The van der Waals surface area contributed by atoms with Crippen LogP contribution in [0.5, 0.6) is 0 Å². The highest BCUT2D eigenvalue weighted by Crippen LogP contribution is 2.24. The standard InChI is InChI=1S/C19H26N4O2/c1-13-6-5-7-17(15(13)3)23-10-8-22(9-11-23)16(4)19(24)20-18-12-14(2)21-25-18/h5-7,12,16H,8-11H2,1-4H3,(H,20,24). The zero-order valence-corrected chi connectivity index (χ0v) is 15.4. The van der Waals surface area contributed by atoms with E-state index in [1.165, 1.54) is 16.8 Å². The summed E-state index contributed by atoms with van der Waals surface area (Å²) in [4.78, 5) is 17.0. The Morgan fingerprint density at radius 1 is 1.20 bits per heavy atom. The first-order valence-electron chi connectivity index (χ1n) is 8.75. The number of anilines is 2. The molecule has 1 N–H and O–H groups in total. The molecule has 1 saturated heterocycles. The number of carbonyl (C=O) groups is 1. The number of hydrogen-bond acceptors (Lipinski definition) is 5. The number of carbonyl (C=O) groups excluding carboxylic acids is 1. The number of piperazine rings is 1. The van der Waals surface area contributed by atoms with Crippen LogP contribution in [0.1, 0.15) is 23.7 Å². The summed E-state index contributed by atoms with van der Waals surface area (Å²) < 4.78 is 5.06. The molecule has 0 spiro atoms. The molecule has 134 valence electrons. The van der Waals surface area contributed by atoms with E-state index in [0.717, 1.165) is 31.9 Å². The van der Waals surface area contributed by atoms with E-state index in [2.05, 4.69) is 52.3 Å². The van der Waals surface area contributed by atoms with Crippen molar-refractivity contribution in [3.63, 3.8) is 0 Å². The van der Waals surface area contributed by atoms with E-state index in [4.69, 9.17) is 4.52 Å². The zero-order valence-electron chi connectivity index (χ0n) is 15.4. The summed E-state index contributed by atoms with van der Waals surface area (Å²) >= 11 is 0. The molecule has 6 heteroatoms. The number of rotatable bonds is 4. The van der Waals surface area contributed by atoms with Crippen molar-refractivity contribution in [1.29, 1.82) is 0 Å². The van der Waals surface area contributed by atoms with Crippen LogP contribution in [0.25, 0.3) is 0 Å². The topological polar surface area (TPSA) is 61.6 Å². The largest absolute Gasteiger partial charge is 0.369 e. The lowest BCUT2D eigenvalue weighted by molar-refractivity contribution is -0.121. The van der Waals surface area contributed by atoms with E-state index >= 15 is 0 Å². The van der Waals surface area contributed by atoms with Gasteiger partial charge in [-0.05, 0) is 44.9 Å². The fourth-order valence-electron chi connectivity index (χ4n) is 3.24. The maximum atomic E-state index is 12.4. The fourth-order valence-corrected chi connectivity index (χ4v) is 3.24. The quantitative estimate of drug-likeness (QED) is 0.926. The third-order valence-corrected chi connectivity index (χ3v) is 5.03. The van der Waals surface area contributed by atoms with E-state index in [1.54, 1.807) is 6.07 Å². The van der Waals surface area contributed by atoms with Crippen LogP contribution in [0, 0.1) is 20.8 Å². The van der Waals surface area contributed by atoms with Gasteiger partial charge in [0.1, 0.15) is 0 Å². The van der Waals surface area contributed by atoms with E-state index in [-0.39, 0.29) is 11.9 Å². The Labute approximate surface area is 148 Å². The molecule has 1 amide bonds. The first-order chi connectivity index (χ1) is 12.0. The maximum absolute atomic E-state index is 12.4. The van der Waals surface area contributed by atoms with E-state index in [0.29, 0.717) is 5.88 Å². The third-order valence-electron chi connectivity index (χ3n) is 5.03. The molecule has 1 aromatic carbocycles. The van der Waals surface area contributed by atoms with Crippen LogP contribution < -0.4 is 10.2 Å². The molecule has 1 aliphatic rings. The summed E-state index contributed by atoms with van der Waals surface area (Å²) in [5.74, 6) is 0.347. The zero-order chi connectivity index (χ0) is 18.0. The van der Waals surface area contributed by atoms with Crippen LogP contribution in [0.2, 0.25) is 0 Å². The number of nitrogens with one attached hydrogen (secondary N) is 1. The van der Waals surface area contributed by atoms with Crippen molar-refractivity contribution in [2.24, 2.45) is 0 Å². The lowest BCUT2D eigenvalue weighted by Crippen LogP contribution is -2.53. The second-order valence-corrected chi connectivity index (χ2v) is 6.74. The highest BCUT2D eigenvalue weighted by atomic mass is 16.5. The van der Waals surface area contributed by atoms with Crippen LogP contribution in [-0.4, -0.2) is 48.2 Å². The monoisotopic (exact) mass is 342 g/mol. The van der Waals surface area contributed by atoms with Crippen molar-refractivity contribution in [2.75, 3.05) is 36.4 Å². The van der Waals surface area contributed by atoms with Gasteiger partial charge in [0.05, 0.1) is 11.7 Å². The second kappa shape index (κ2) is 7.27. The van der Waals surface area contributed by atoms with Crippen molar-refractivity contribution in [3.05, 3.63) is 41.1 Å². The predicted octanol–water partition coefficient (Wildman–Crippen LogP) is 2.75. The summed E-state index contributed by atoms with van der Waals surface area (Å²) in [5.41, 5.74) is 4.71. The average molecular weight is 342 g/mol. The summed E-state index contributed by atoms with van der Waals surface area (Å²) in [6.07, 6.45) is 0. The normalized spacial score (nSPS) is 16.7. The summed E-state index contributed by atoms with van der Waals surface area (Å²) in [5, 5.41) is 6.59. The van der Waals surface area contributed by atoms with E-state index in [9.17, 15) is 4.79 Å². The number of aromatic nitrogens is 1. The molecular weight excluding hydrogens is 316 g/mol. The van der Waals surface area contributed by atoms with Gasteiger partial charge < -0.3 is 9.42 Å². The lowest BCUT2D eigenvalue weighted by atomic mass is 10.1. The number of aryl methyl sites for hydroxylation is 2. The van der Waals surface area contributed by atoms with Gasteiger partial charge >= 0.3 is 0 Å². The first-order valence-corrected chi connectivity index (χ1v) is 8.75. The molecule has 0 bridgehead atoms. The average Bonchev–Trinajstić information content (AvgIpc) is 3.01. The molecule has 6 nitrogen and oxygen atoms in total. The smallest absolute Gasteiger partial charge is 0.243 e. The van der Waals surface area contributed by atoms with Crippen LogP contribution in [0.4, 0.5) is 11.6 Å². The molecule has 2 heterocycles. The van der Waals surface area contributed by atoms with Crippen LogP contribution >= 0.6 is 0 Å². The minimum atomic E-state index is -0.203. The summed E-state index contributed by atoms with van der Waals surface area (Å²) in [6, 6.07) is 7.96. The molecule has 2 aromatic rings. The Morgan fingerprint density at radius 3 is 2.56 bits per heavy atom. The maximum Gasteiger partial charge on any atom is 0.243 e. The Morgan fingerprint density at radius 2 is 1.92 bits per heavy atom. The van der Waals surface area contributed by atoms with Crippen molar-refractivity contribution in [1.82, 2.24) is 10.1 Å².